The third kappa shape index (κ3) is 2.81. The summed E-state index contributed by atoms with van der Waals surface area (Å²) in [7, 11) is 0. The molecule has 2 aromatic rings. The maximum atomic E-state index is 12.0. The molecule has 0 bridgehead atoms. The van der Waals surface area contributed by atoms with Crippen LogP contribution in [-0.4, -0.2) is 39.1 Å². The molecule has 1 aliphatic heterocycles. The normalized spacial score (nSPS) is 20.1. The van der Waals surface area contributed by atoms with Gasteiger partial charge in [-0.1, -0.05) is 0 Å². The van der Waals surface area contributed by atoms with Crippen molar-refractivity contribution in [3.05, 3.63) is 28.6 Å². The Morgan fingerprint density at radius 3 is 2.74 bits per heavy atom. The Hall–Kier alpha value is -2.41. The van der Waals surface area contributed by atoms with Crippen molar-refractivity contribution in [3.63, 3.8) is 0 Å². The van der Waals surface area contributed by atoms with Gasteiger partial charge in [-0.25, -0.2) is 14.8 Å². The van der Waals surface area contributed by atoms with Crippen LogP contribution in [-0.2, 0) is 12.8 Å². The fourth-order valence-corrected chi connectivity index (χ4v) is 4.50. The van der Waals surface area contributed by atoms with E-state index >= 15 is 0 Å². The molecule has 1 saturated carbocycles. The minimum atomic E-state index is -0.896. The maximum Gasteiger partial charge on any atom is 0.337 e. The Bertz CT molecular complexity index is 896. The molecule has 0 aromatic carbocycles. The van der Waals surface area contributed by atoms with Gasteiger partial charge >= 0.3 is 5.97 Å². The number of carboxylic acid groups (broad SMARTS) is 1. The first-order chi connectivity index (χ1) is 13.1. The van der Waals surface area contributed by atoms with Gasteiger partial charge in [0.05, 0.1) is 17.0 Å². The molecule has 0 amide bonds. The van der Waals surface area contributed by atoms with Gasteiger partial charge in [-0.15, -0.1) is 0 Å². The van der Waals surface area contributed by atoms with E-state index in [1.54, 1.807) is 0 Å². The van der Waals surface area contributed by atoms with Crippen molar-refractivity contribution in [3.8, 4) is 11.4 Å². The van der Waals surface area contributed by atoms with E-state index in [1.165, 1.54) is 6.42 Å². The molecule has 1 atom stereocenters. The van der Waals surface area contributed by atoms with Gasteiger partial charge in [0.25, 0.3) is 0 Å². The molecule has 3 heterocycles. The van der Waals surface area contributed by atoms with Crippen LogP contribution in [0.15, 0.2) is 6.20 Å². The Morgan fingerprint density at radius 1 is 1.26 bits per heavy atom. The molecule has 7 nitrogen and oxygen atoms in total. The van der Waals surface area contributed by atoms with Crippen molar-refractivity contribution < 1.29 is 9.90 Å². The van der Waals surface area contributed by atoms with Crippen LogP contribution < -0.4 is 10.6 Å². The first-order valence-electron chi connectivity index (χ1n) is 9.98. The molecule has 4 N–H and O–H groups in total. The molecule has 0 spiro atoms. The molecule has 0 radical (unpaired) electrons. The number of fused-ring (bicyclic) bond motifs is 3. The fourth-order valence-electron chi connectivity index (χ4n) is 4.50. The van der Waals surface area contributed by atoms with Crippen molar-refractivity contribution in [2.24, 2.45) is 11.7 Å². The molecule has 1 unspecified atom stereocenters. The monoisotopic (exact) mass is 367 g/mol. The molecular formula is C20H25N5O2. The van der Waals surface area contributed by atoms with E-state index < -0.39 is 5.97 Å². The van der Waals surface area contributed by atoms with Crippen LogP contribution in [0.25, 0.3) is 11.4 Å². The number of aromatic amines is 1. The van der Waals surface area contributed by atoms with E-state index in [4.69, 9.17) is 10.7 Å². The lowest BCUT2D eigenvalue weighted by atomic mass is 9.91. The van der Waals surface area contributed by atoms with Crippen LogP contribution in [0.4, 0.5) is 5.95 Å². The highest BCUT2D eigenvalue weighted by Gasteiger charge is 2.37. The zero-order chi connectivity index (χ0) is 18.5. The first kappa shape index (κ1) is 16.7. The SMILES string of the molecule is NC(c1[nH]c2c(c1C(=O)O)CCc1cnc(N3CCCCC3)nc1-2)C1CC1. The Labute approximate surface area is 158 Å². The van der Waals surface area contributed by atoms with E-state index in [2.05, 4.69) is 14.9 Å². The predicted octanol–water partition coefficient (Wildman–Crippen LogP) is 2.67. The standard InChI is InChI=1S/C20H25N5O2/c21-15(11-4-5-11)18-14(19(26)27)13-7-6-12-10-22-20(24-16(12)17(13)23-18)25-8-2-1-3-9-25/h10-11,15,23H,1-9,21H2,(H,26,27). The van der Waals surface area contributed by atoms with Crippen LogP contribution >= 0.6 is 0 Å². The summed E-state index contributed by atoms with van der Waals surface area (Å²) in [6, 6.07) is -0.242. The van der Waals surface area contributed by atoms with Gasteiger partial charge in [-0.05, 0) is 62.0 Å². The molecular weight excluding hydrogens is 342 g/mol. The predicted molar refractivity (Wildman–Crippen MR) is 102 cm³/mol. The lowest BCUT2D eigenvalue weighted by molar-refractivity contribution is 0.0694. The van der Waals surface area contributed by atoms with Crippen LogP contribution in [0.1, 0.15) is 65.3 Å². The zero-order valence-corrected chi connectivity index (χ0v) is 15.4. The van der Waals surface area contributed by atoms with Gasteiger partial charge in [0.1, 0.15) is 0 Å². The summed E-state index contributed by atoms with van der Waals surface area (Å²) in [6.07, 6.45) is 9.09. The largest absolute Gasteiger partial charge is 0.478 e. The number of aromatic carboxylic acids is 1. The Kier molecular flexibility index (Phi) is 3.93. The number of anilines is 1. The summed E-state index contributed by atoms with van der Waals surface area (Å²) in [5.41, 5.74) is 11.0. The average Bonchev–Trinajstić information content (AvgIpc) is 3.46. The van der Waals surface area contributed by atoms with Crippen molar-refractivity contribution in [2.45, 2.75) is 51.0 Å². The van der Waals surface area contributed by atoms with Crippen LogP contribution in [0, 0.1) is 5.92 Å². The number of nitrogens with one attached hydrogen (secondary N) is 1. The van der Waals surface area contributed by atoms with Gasteiger partial charge in [0.15, 0.2) is 0 Å². The third-order valence-electron chi connectivity index (χ3n) is 6.18. The number of H-pyrrole nitrogens is 1. The second-order valence-corrected chi connectivity index (χ2v) is 8.03. The number of nitrogens with two attached hydrogens (primary N) is 1. The number of aromatic nitrogens is 3. The smallest absolute Gasteiger partial charge is 0.337 e. The molecule has 142 valence electrons. The fraction of sp³-hybridized carbons (Fsp3) is 0.550. The van der Waals surface area contributed by atoms with Gasteiger partial charge in [-0.3, -0.25) is 0 Å². The molecule has 2 aromatic heterocycles. The van der Waals surface area contributed by atoms with Crippen LogP contribution in [0.3, 0.4) is 0 Å². The maximum absolute atomic E-state index is 12.0. The van der Waals surface area contributed by atoms with Crippen molar-refractivity contribution in [1.82, 2.24) is 15.0 Å². The second kappa shape index (κ2) is 6.34. The van der Waals surface area contributed by atoms with E-state index in [9.17, 15) is 9.90 Å². The highest BCUT2D eigenvalue weighted by Crippen LogP contribution is 2.43. The summed E-state index contributed by atoms with van der Waals surface area (Å²) in [4.78, 5) is 27.1. The lowest BCUT2D eigenvalue weighted by Crippen LogP contribution is -2.31. The number of aryl methyl sites for hydroxylation is 1. The number of carbonyl (C=O) groups is 1. The van der Waals surface area contributed by atoms with Crippen LogP contribution in [0.5, 0.6) is 0 Å². The van der Waals surface area contributed by atoms with Crippen molar-refractivity contribution in [1.29, 1.82) is 0 Å². The van der Waals surface area contributed by atoms with Gasteiger partial charge in [0, 0.05) is 31.0 Å². The molecule has 3 aliphatic rings. The summed E-state index contributed by atoms with van der Waals surface area (Å²) in [6.45, 7) is 1.96. The van der Waals surface area contributed by atoms with Gasteiger partial charge in [0.2, 0.25) is 5.95 Å². The molecule has 1 saturated heterocycles. The van der Waals surface area contributed by atoms with Gasteiger partial charge < -0.3 is 20.7 Å². The number of hydrogen-bond donors (Lipinski definition) is 3. The molecule has 2 aliphatic carbocycles. The number of nitrogens with zero attached hydrogens (tertiary/aromatic N) is 3. The summed E-state index contributed by atoms with van der Waals surface area (Å²) >= 11 is 0. The summed E-state index contributed by atoms with van der Waals surface area (Å²) in [5.74, 6) is 0.241. The van der Waals surface area contributed by atoms with Crippen molar-refractivity contribution >= 4 is 11.9 Å². The molecule has 27 heavy (non-hydrogen) atoms. The third-order valence-corrected chi connectivity index (χ3v) is 6.18. The first-order valence-corrected chi connectivity index (χ1v) is 9.98. The second-order valence-electron chi connectivity index (χ2n) is 8.03. The molecule has 2 fully saturated rings. The number of hydrogen-bond acceptors (Lipinski definition) is 5. The van der Waals surface area contributed by atoms with E-state index in [0.29, 0.717) is 23.6 Å². The van der Waals surface area contributed by atoms with E-state index in [0.717, 1.165) is 73.7 Å². The van der Waals surface area contributed by atoms with E-state index in [-0.39, 0.29) is 6.04 Å². The minimum Gasteiger partial charge on any atom is -0.478 e. The number of rotatable bonds is 4. The highest BCUT2D eigenvalue weighted by molar-refractivity contribution is 5.94. The summed E-state index contributed by atoms with van der Waals surface area (Å²) < 4.78 is 0. The van der Waals surface area contributed by atoms with E-state index in [1.807, 2.05) is 6.20 Å². The summed E-state index contributed by atoms with van der Waals surface area (Å²) in [5, 5.41) is 9.85. The molecule has 7 heteroatoms. The Balaban J connectivity index is 1.60. The van der Waals surface area contributed by atoms with Crippen LogP contribution in [0.2, 0.25) is 0 Å². The minimum absolute atomic E-state index is 0.242. The number of carboxylic acids is 1. The topological polar surface area (TPSA) is 108 Å². The average molecular weight is 367 g/mol. The number of piperidine rings is 1. The van der Waals surface area contributed by atoms with Gasteiger partial charge in [-0.2, -0.15) is 0 Å². The quantitative estimate of drug-likeness (QED) is 0.767. The van der Waals surface area contributed by atoms with Crippen molar-refractivity contribution in [2.75, 3.05) is 18.0 Å². The highest BCUT2D eigenvalue weighted by atomic mass is 16.4. The zero-order valence-electron chi connectivity index (χ0n) is 15.4. The lowest BCUT2D eigenvalue weighted by Gasteiger charge is -2.27. The Morgan fingerprint density at radius 2 is 2.04 bits per heavy atom. The molecule has 5 rings (SSSR count).